The molecule has 1 heterocycles. The van der Waals surface area contributed by atoms with E-state index < -0.39 is 0 Å². The predicted molar refractivity (Wildman–Crippen MR) is 103 cm³/mol. The Hall–Kier alpha value is -2.86. The van der Waals surface area contributed by atoms with Crippen molar-refractivity contribution in [1.29, 1.82) is 0 Å². The van der Waals surface area contributed by atoms with E-state index in [9.17, 15) is 4.79 Å². The SMILES string of the molecule is O=C(CNc1ccccc1)N/N=C\c1ccc(-c2ccc(Br)cc2)o1. The van der Waals surface area contributed by atoms with Crippen molar-refractivity contribution in [1.82, 2.24) is 5.43 Å². The zero-order chi connectivity index (χ0) is 17.5. The average molecular weight is 398 g/mol. The molecule has 2 aromatic carbocycles. The number of rotatable bonds is 6. The number of para-hydroxylation sites is 1. The predicted octanol–water partition coefficient (Wildman–Crippen LogP) is 4.27. The van der Waals surface area contributed by atoms with Gasteiger partial charge in [-0.25, -0.2) is 5.43 Å². The summed E-state index contributed by atoms with van der Waals surface area (Å²) in [5, 5.41) is 6.92. The standard InChI is InChI=1S/C19H16BrN3O2/c20-15-8-6-14(7-9-15)18-11-10-17(25-18)12-22-23-19(24)13-21-16-4-2-1-3-5-16/h1-12,21H,13H2,(H,23,24)/b22-12-. The van der Waals surface area contributed by atoms with E-state index >= 15 is 0 Å². The summed E-state index contributed by atoms with van der Waals surface area (Å²) >= 11 is 3.40. The fourth-order valence-electron chi connectivity index (χ4n) is 2.14. The zero-order valence-corrected chi connectivity index (χ0v) is 14.9. The minimum absolute atomic E-state index is 0.143. The molecule has 0 aliphatic carbocycles. The molecule has 2 N–H and O–H groups in total. The lowest BCUT2D eigenvalue weighted by molar-refractivity contribution is -0.119. The number of anilines is 1. The first-order valence-electron chi connectivity index (χ1n) is 7.67. The van der Waals surface area contributed by atoms with Crippen LogP contribution in [0.1, 0.15) is 5.76 Å². The molecule has 0 saturated heterocycles. The van der Waals surface area contributed by atoms with E-state index in [0.717, 1.165) is 21.5 Å². The van der Waals surface area contributed by atoms with Crippen molar-refractivity contribution in [2.75, 3.05) is 11.9 Å². The molecule has 0 aliphatic rings. The van der Waals surface area contributed by atoms with Crippen LogP contribution >= 0.6 is 15.9 Å². The minimum Gasteiger partial charge on any atom is -0.455 e. The van der Waals surface area contributed by atoms with Gasteiger partial charge in [-0.05, 0) is 36.4 Å². The summed E-state index contributed by atoms with van der Waals surface area (Å²) in [6.45, 7) is 0.143. The van der Waals surface area contributed by atoms with Gasteiger partial charge in [0, 0.05) is 15.7 Å². The summed E-state index contributed by atoms with van der Waals surface area (Å²) in [7, 11) is 0. The Bertz CT molecular complexity index is 858. The molecular formula is C19H16BrN3O2. The summed E-state index contributed by atoms with van der Waals surface area (Å²) < 4.78 is 6.70. The molecule has 0 bridgehead atoms. The van der Waals surface area contributed by atoms with E-state index in [1.807, 2.05) is 60.7 Å². The minimum atomic E-state index is -0.236. The number of hydrogen-bond acceptors (Lipinski definition) is 4. The van der Waals surface area contributed by atoms with Crippen molar-refractivity contribution in [3.63, 3.8) is 0 Å². The Balaban J connectivity index is 1.50. The highest BCUT2D eigenvalue weighted by Gasteiger charge is 2.04. The van der Waals surface area contributed by atoms with Crippen LogP contribution in [0.15, 0.2) is 80.7 Å². The Kier molecular flexibility index (Phi) is 5.64. The monoisotopic (exact) mass is 397 g/mol. The third-order valence-electron chi connectivity index (χ3n) is 3.36. The van der Waals surface area contributed by atoms with E-state index in [0.29, 0.717) is 5.76 Å². The van der Waals surface area contributed by atoms with Crippen LogP contribution in [0.3, 0.4) is 0 Å². The highest BCUT2D eigenvalue weighted by Crippen LogP contribution is 2.23. The number of nitrogens with one attached hydrogen (secondary N) is 2. The van der Waals surface area contributed by atoms with Gasteiger partial charge in [0.25, 0.3) is 5.91 Å². The maximum atomic E-state index is 11.7. The normalized spacial score (nSPS) is 10.8. The molecule has 3 aromatic rings. The maximum absolute atomic E-state index is 11.7. The van der Waals surface area contributed by atoms with Gasteiger partial charge in [-0.3, -0.25) is 4.79 Å². The van der Waals surface area contributed by atoms with Gasteiger partial charge >= 0.3 is 0 Å². The Morgan fingerprint density at radius 2 is 1.80 bits per heavy atom. The van der Waals surface area contributed by atoms with Gasteiger partial charge in [-0.15, -0.1) is 0 Å². The Morgan fingerprint density at radius 3 is 2.56 bits per heavy atom. The summed E-state index contributed by atoms with van der Waals surface area (Å²) in [4.78, 5) is 11.7. The molecule has 0 saturated carbocycles. The van der Waals surface area contributed by atoms with Gasteiger partial charge in [0.2, 0.25) is 0 Å². The summed E-state index contributed by atoms with van der Waals surface area (Å²) in [6, 6.07) is 21.0. The van der Waals surface area contributed by atoms with Crippen LogP contribution in [0.4, 0.5) is 5.69 Å². The summed E-state index contributed by atoms with van der Waals surface area (Å²) in [5.41, 5.74) is 4.31. The molecule has 6 heteroatoms. The molecule has 1 aromatic heterocycles. The zero-order valence-electron chi connectivity index (χ0n) is 13.3. The number of benzene rings is 2. The number of hydrazone groups is 1. The molecular weight excluding hydrogens is 382 g/mol. The number of amides is 1. The maximum Gasteiger partial charge on any atom is 0.259 e. The van der Waals surface area contributed by atoms with Gasteiger partial charge in [0.05, 0.1) is 12.8 Å². The topological polar surface area (TPSA) is 66.6 Å². The first kappa shape index (κ1) is 17.0. The van der Waals surface area contributed by atoms with E-state index in [4.69, 9.17) is 4.42 Å². The molecule has 5 nitrogen and oxygen atoms in total. The number of carbonyl (C=O) groups is 1. The molecule has 0 unspecified atom stereocenters. The molecule has 0 radical (unpaired) electrons. The van der Waals surface area contributed by atoms with Crippen molar-refractivity contribution in [2.24, 2.45) is 5.10 Å². The second-order valence-corrected chi connectivity index (χ2v) is 6.14. The van der Waals surface area contributed by atoms with Crippen LogP contribution in [0.5, 0.6) is 0 Å². The van der Waals surface area contributed by atoms with E-state index in [-0.39, 0.29) is 12.5 Å². The van der Waals surface area contributed by atoms with Crippen molar-refractivity contribution in [3.8, 4) is 11.3 Å². The highest BCUT2D eigenvalue weighted by molar-refractivity contribution is 9.10. The molecule has 0 atom stereocenters. The van der Waals surface area contributed by atoms with E-state index in [2.05, 4.69) is 31.8 Å². The molecule has 25 heavy (non-hydrogen) atoms. The quantitative estimate of drug-likeness (QED) is 0.482. The van der Waals surface area contributed by atoms with Gasteiger partial charge in [0.1, 0.15) is 11.5 Å². The van der Waals surface area contributed by atoms with Gasteiger partial charge < -0.3 is 9.73 Å². The van der Waals surface area contributed by atoms with Crippen molar-refractivity contribution in [3.05, 3.63) is 77.0 Å². The third kappa shape index (κ3) is 5.06. The van der Waals surface area contributed by atoms with E-state index in [1.54, 1.807) is 6.07 Å². The number of carbonyl (C=O) groups excluding carboxylic acids is 1. The van der Waals surface area contributed by atoms with Crippen molar-refractivity contribution >= 4 is 33.7 Å². The van der Waals surface area contributed by atoms with Gasteiger partial charge in [0.15, 0.2) is 0 Å². The molecule has 3 rings (SSSR count). The van der Waals surface area contributed by atoms with Gasteiger partial charge in [-0.1, -0.05) is 46.3 Å². The molecule has 0 aliphatic heterocycles. The third-order valence-corrected chi connectivity index (χ3v) is 3.89. The first-order valence-corrected chi connectivity index (χ1v) is 8.46. The van der Waals surface area contributed by atoms with Crippen molar-refractivity contribution < 1.29 is 9.21 Å². The Labute approximate surface area is 153 Å². The molecule has 126 valence electrons. The fraction of sp³-hybridized carbons (Fsp3) is 0.0526. The van der Waals surface area contributed by atoms with Crippen LogP contribution in [-0.2, 0) is 4.79 Å². The van der Waals surface area contributed by atoms with E-state index in [1.165, 1.54) is 6.21 Å². The molecule has 0 spiro atoms. The van der Waals surface area contributed by atoms with Crippen LogP contribution in [0.2, 0.25) is 0 Å². The lowest BCUT2D eigenvalue weighted by atomic mass is 10.2. The van der Waals surface area contributed by atoms with Crippen LogP contribution in [-0.4, -0.2) is 18.7 Å². The smallest absolute Gasteiger partial charge is 0.259 e. The highest BCUT2D eigenvalue weighted by atomic mass is 79.9. The van der Waals surface area contributed by atoms with Crippen LogP contribution in [0.25, 0.3) is 11.3 Å². The largest absolute Gasteiger partial charge is 0.455 e. The first-order chi connectivity index (χ1) is 12.2. The van der Waals surface area contributed by atoms with Crippen LogP contribution < -0.4 is 10.7 Å². The van der Waals surface area contributed by atoms with Crippen LogP contribution in [0, 0.1) is 0 Å². The second-order valence-electron chi connectivity index (χ2n) is 5.22. The average Bonchev–Trinajstić information content (AvgIpc) is 3.10. The number of halogens is 1. The second kappa shape index (κ2) is 8.30. The molecule has 1 amide bonds. The fourth-order valence-corrected chi connectivity index (χ4v) is 2.40. The summed E-state index contributed by atoms with van der Waals surface area (Å²) in [6.07, 6.45) is 1.47. The number of furan rings is 1. The van der Waals surface area contributed by atoms with Gasteiger partial charge in [-0.2, -0.15) is 5.10 Å². The lowest BCUT2D eigenvalue weighted by Gasteiger charge is -2.04. The summed E-state index contributed by atoms with van der Waals surface area (Å²) in [5.74, 6) is 1.07. The van der Waals surface area contributed by atoms with Crippen molar-refractivity contribution in [2.45, 2.75) is 0 Å². The number of hydrogen-bond donors (Lipinski definition) is 2. The lowest BCUT2D eigenvalue weighted by Crippen LogP contribution is -2.25. The Morgan fingerprint density at radius 1 is 1.04 bits per heavy atom. The molecule has 0 fully saturated rings. The number of nitrogens with zero attached hydrogens (tertiary/aromatic N) is 1.